The summed E-state index contributed by atoms with van der Waals surface area (Å²) < 4.78 is 36.8. The van der Waals surface area contributed by atoms with Gasteiger partial charge >= 0.3 is 11.9 Å². The lowest BCUT2D eigenvalue weighted by Gasteiger charge is -2.32. The molecule has 1 aliphatic heterocycles. The second-order valence-electron chi connectivity index (χ2n) is 6.16. The van der Waals surface area contributed by atoms with E-state index >= 15 is 0 Å². The number of carbonyl (C=O) groups excluding carboxylic acids is 2. The van der Waals surface area contributed by atoms with Crippen LogP contribution in [-0.2, 0) is 19.5 Å². The van der Waals surface area contributed by atoms with Gasteiger partial charge in [-0.3, -0.25) is 0 Å². The predicted octanol–water partition coefficient (Wildman–Crippen LogP) is 0.880. The minimum absolute atomic E-state index is 0.0160. The molecule has 0 amide bonds. The number of nitrogens with zero attached hydrogens (tertiary/aromatic N) is 1. The zero-order chi connectivity index (χ0) is 19.3. The lowest BCUT2D eigenvalue weighted by molar-refractivity contribution is 0.0598. The number of hydrogen-bond donors (Lipinski definition) is 1. The summed E-state index contributed by atoms with van der Waals surface area (Å²) in [5, 5.41) is 3.07. The number of nitrogens with one attached hydrogen (secondary N) is 1. The molecule has 1 atom stereocenters. The van der Waals surface area contributed by atoms with Crippen molar-refractivity contribution in [2.75, 3.05) is 40.9 Å². The standard InChI is InChI=1S/C17H24N2O6S/c1-18-10-12-5-4-6-19(11-12)26(22,23)15-8-13(16(20)24-2)7-14(9-15)17(21)25-3/h7-9,12,18H,4-6,10-11H2,1-3H3. The number of sulfonamides is 1. The van der Waals surface area contributed by atoms with Crippen molar-refractivity contribution in [2.24, 2.45) is 5.92 Å². The Morgan fingerprint density at radius 1 is 1.15 bits per heavy atom. The third kappa shape index (κ3) is 4.40. The van der Waals surface area contributed by atoms with Gasteiger partial charge in [-0.15, -0.1) is 0 Å². The summed E-state index contributed by atoms with van der Waals surface area (Å²) in [6.45, 7) is 1.51. The zero-order valence-electron chi connectivity index (χ0n) is 15.1. The summed E-state index contributed by atoms with van der Waals surface area (Å²) in [7, 11) is 0.355. The molecule has 1 fully saturated rings. The zero-order valence-corrected chi connectivity index (χ0v) is 16.0. The fraction of sp³-hybridized carbons (Fsp3) is 0.529. The Kier molecular flexibility index (Phi) is 6.74. The van der Waals surface area contributed by atoms with Gasteiger partial charge in [-0.1, -0.05) is 0 Å². The molecule has 0 aliphatic carbocycles. The number of methoxy groups -OCH3 is 2. The largest absolute Gasteiger partial charge is 0.465 e. The molecule has 2 rings (SSSR count). The van der Waals surface area contributed by atoms with Gasteiger partial charge in [0.25, 0.3) is 0 Å². The van der Waals surface area contributed by atoms with Gasteiger partial charge in [-0.25, -0.2) is 18.0 Å². The maximum Gasteiger partial charge on any atom is 0.337 e. The Hall–Kier alpha value is -1.97. The normalized spacial score (nSPS) is 18.3. The van der Waals surface area contributed by atoms with Crippen LogP contribution in [0.15, 0.2) is 23.1 Å². The van der Waals surface area contributed by atoms with Crippen LogP contribution >= 0.6 is 0 Å². The van der Waals surface area contributed by atoms with Gasteiger partial charge < -0.3 is 14.8 Å². The first-order chi connectivity index (χ1) is 12.3. The summed E-state index contributed by atoms with van der Waals surface area (Å²) in [6.07, 6.45) is 1.70. The Balaban J connectivity index is 2.44. The molecule has 0 radical (unpaired) electrons. The van der Waals surface area contributed by atoms with Gasteiger partial charge in [0, 0.05) is 13.1 Å². The fourth-order valence-electron chi connectivity index (χ4n) is 3.07. The molecule has 0 aromatic heterocycles. The first kappa shape index (κ1) is 20.3. The third-order valence-corrected chi connectivity index (χ3v) is 6.20. The quantitative estimate of drug-likeness (QED) is 0.727. The van der Waals surface area contributed by atoms with E-state index in [0.717, 1.165) is 19.4 Å². The van der Waals surface area contributed by atoms with Crippen LogP contribution in [0.1, 0.15) is 33.6 Å². The molecule has 0 spiro atoms. The molecule has 1 N–H and O–H groups in total. The van der Waals surface area contributed by atoms with E-state index in [1.807, 2.05) is 7.05 Å². The van der Waals surface area contributed by atoms with E-state index in [1.165, 1.54) is 36.7 Å². The Morgan fingerprint density at radius 3 is 2.23 bits per heavy atom. The minimum Gasteiger partial charge on any atom is -0.465 e. The number of esters is 2. The summed E-state index contributed by atoms with van der Waals surface area (Å²) in [4.78, 5) is 23.6. The second kappa shape index (κ2) is 8.61. The number of carbonyl (C=O) groups is 2. The van der Waals surface area contributed by atoms with Crippen molar-refractivity contribution in [1.82, 2.24) is 9.62 Å². The molecule has 1 aromatic carbocycles. The lowest BCUT2D eigenvalue weighted by Crippen LogP contribution is -2.42. The van der Waals surface area contributed by atoms with Crippen LogP contribution in [0.3, 0.4) is 0 Å². The van der Waals surface area contributed by atoms with Crippen molar-refractivity contribution in [3.63, 3.8) is 0 Å². The molecule has 8 nitrogen and oxygen atoms in total. The van der Waals surface area contributed by atoms with Crippen LogP contribution in [0.25, 0.3) is 0 Å². The summed E-state index contributed by atoms with van der Waals surface area (Å²) in [6, 6.07) is 3.72. The minimum atomic E-state index is -3.85. The average Bonchev–Trinajstić information content (AvgIpc) is 2.66. The Morgan fingerprint density at radius 2 is 1.73 bits per heavy atom. The molecule has 144 valence electrons. The maximum atomic E-state index is 13.1. The molecular weight excluding hydrogens is 360 g/mol. The van der Waals surface area contributed by atoms with Crippen molar-refractivity contribution < 1.29 is 27.5 Å². The number of rotatable bonds is 6. The fourth-order valence-corrected chi connectivity index (χ4v) is 4.70. The highest BCUT2D eigenvalue weighted by Crippen LogP contribution is 2.25. The molecule has 1 unspecified atom stereocenters. The Bertz CT molecular complexity index is 741. The summed E-state index contributed by atoms with van der Waals surface area (Å²) in [5.74, 6) is -1.23. The highest BCUT2D eigenvalue weighted by Gasteiger charge is 2.31. The highest BCUT2D eigenvalue weighted by molar-refractivity contribution is 7.89. The molecular formula is C17H24N2O6S. The first-order valence-corrected chi connectivity index (χ1v) is 9.74. The van der Waals surface area contributed by atoms with Crippen LogP contribution in [0, 0.1) is 5.92 Å². The summed E-state index contributed by atoms with van der Waals surface area (Å²) >= 11 is 0. The van der Waals surface area contributed by atoms with Crippen molar-refractivity contribution in [2.45, 2.75) is 17.7 Å². The van der Waals surface area contributed by atoms with Gasteiger partial charge in [0.1, 0.15) is 0 Å². The topological polar surface area (TPSA) is 102 Å². The van der Waals surface area contributed by atoms with E-state index in [4.69, 9.17) is 0 Å². The molecule has 1 aliphatic rings. The van der Waals surface area contributed by atoms with E-state index in [9.17, 15) is 18.0 Å². The maximum absolute atomic E-state index is 13.1. The van der Waals surface area contributed by atoms with Crippen LogP contribution in [0.2, 0.25) is 0 Å². The second-order valence-corrected chi connectivity index (χ2v) is 8.10. The molecule has 9 heteroatoms. The van der Waals surface area contributed by atoms with E-state index in [2.05, 4.69) is 14.8 Å². The number of hydrogen-bond acceptors (Lipinski definition) is 7. The summed E-state index contributed by atoms with van der Waals surface area (Å²) in [5.41, 5.74) is -0.0319. The van der Waals surface area contributed by atoms with Crippen molar-refractivity contribution in [3.05, 3.63) is 29.3 Å². The van der Waals surface area contributed by atoms with Gasteiger partial charge in [0.15, 0.2) is 0 Å². The van der Waals surface area contributed by atoms with Gasteiger partial charge in [-0.05, 0) is 50.6 Å². The van der Waals surface area contributed by atoms with Crippen LogP contribution < -0.4 is 5.32 Å². The monoisotopic (exact) mass is 384 g/mol. The van der Waals surface area contributed by atoms with Crippen molar-refractivity contribution >= 4 is 22.0 Å². The smallest absolute Gasteiger partial charge is 0.337 e. The molecule has 1 heterocycles. The number of benzene rings is 1. The number of piperidine rings is 1. The van der Waals surface area contributed by atoms with E-state index in [1.54, 1.807) is 0 Å². The first-order valence-electron chi connectivity index (χ1n) is 8.30. The van der Waals surface area contributed by atoms with Gasteiger partial charge in [0.2, 0.25) is 10.0 Å². The SMILES string of the molecule is CNCC1CCCN(S(=O)(=O)c2cc(C(=O)OC)cc(C(=O)OC)c2)C1. The molecule has 0 bridgehead atoms. The molecule has 1 aromatic rings. The molecule has 0 saturated carbocycles. The van der Waals surface area contributed by atoms with Crippen molar-refractivity contribution in [1.29, 1.82) is 0 Å². The number of ether oxygens (including phenoxy) is 2. The predicted molar refractivity (Wildman–Crippen MR) is 94.5 cm³/mol. The average molecular weight is 384 g/mol. The van der Waals surface area contributed by atoms with E-state index < -0.39 is 22.0 Å². The van der Waals surface area contributed by atoms with Crippen molar-refractivity contribution in [3.8, 4) is 0 Å². The molecule has 26 heavy (non-hydrogen) atoms. The van der Waals surface area contributed by atoms with Gasteiger partial charge in [-0.2, -0.15) is 4.31 Å². The van der Waals surface area contributed by atoms with Crippen LogP contribution in [-0.4, -0.2) is 65.6 Å². The van der Waals surface area contributed by atoms with Gasteiger partial charge in [0.05, 0.1) is 30.2 Å². The Labute approximate surface area is 153 Å². The molecule has 1 saturated heterocycles. The highest BCUT2D eigenvalue weighted by atomic mass is 32.2. The third-order valence-electron chi connectivity index (χ3n) is 4.36. The van der Waals surface area contributed by atoms with E-state index in [0.29, 0.717) is 13.1 Å². The lowest BCUT2D eigenvalue weighted by atomic mass is 10.00. The van der Waals surface area contributed by atoms with Crippen LogP contribution in [0.4, 0.5) is 0 Å². The van der Waals surface area contributed by atoms with Crippen LogP contribution in [0.5, 0.6) is 0 Å². The van der Waals surface area contributed by atoms with E-state index in [-0.39, 0.29) is 21.9 Å².